The third kappa shape index (κ3) is 10.8. The summed E-state index contributed by atoms with van der Waals surface area (Å²) in [6.07, 6.45) is 0. The standard InChI is InChI=1S/C8H8ClN.2C8H9N/c1-10-6-7-3-2-4-8(9)5-7;2*1-9-7-8-5-3-2-4-6-8/h2-5H,1,6H2;2*2-6H,1,7H2. The number of aliphatic imine (C=N–C) groups is 3. The number of nitrogens with zero attached hydrogens (tertiary/aromatic N) is 3. The molecule has 0 atom stereocenters. The van der Waals surface area contributed by atoms with Gasteiger partial charge in [0.15, 0.2) is 0 Å². The van der Waals surface area contributed by atoms with Crippen LogP contribution in [0.5, 0.6) is 0 Å². The lowest BCUT2D eigenvalue weighted by Gasteiger charge is -1.94. The maximum absolute atomic E-state index is 5.72. The molecule has 3 rings (SSSR count). The summed E-state index contributed by atoms with van der Waals surface area (Å²) in [7, 11) is 0. The Morgan fingerprint density at radius 1 is 0.536 bits per heavy atom. The molecule has 0 aliphatic carbocycles. The Balaban J connectivity index is 0.000000210. The molecule has 0 spiro atoms. The van der Waals surface area contributed by atoms with Crippen molar-refractivity contribution in [3.8, 4) is 0 Å². The fourth-order valence-electron chi connectivity index (χ4n) is 2.19. The summed E-state index contributed by atoms with van der Waals surface area (Å²) in [6.45, 7) is 12.3. The number of benzene rings is 3. The molecule has 144 valence electrons. The van der Waals surface area contributed by atoms with Crippen LogP contribution in [0.1, 0.15) is 16.7 Å². The molecule has 0 aromatic heterocycles. The fourth-order valence-corrected chi connectivity index (χ4v) is 2.40. The van der Waals surface area contributed by atoms with Gasteiger partial charge < -0.3 is 0 Å². The lowest BCUT2D eigenvalue weighted by atomic mass is 10.2. The Kier molecular flexibility index (Phi) is 12.4. The molecule has 0 aliphatic heterocycles. The van der Waals surface area contributed by atoms with Gasteiger partial charge >= 0.3 is 0 Å². The molecule has 3 aromatic carbocycles. The van der Waals surface area contributed by atoms with Crippen LogP contribution < -0.4 is 0 Å². The Hall–Kier alpha value is -3.04. The predicted molar refractivity (Wildman–Crippen MR) is 124 cm³/mol. The molecule has 0 heterocycles. The van der Waals surface area contributed by atoms with Crippen molar-refractivity contribution in [2.24, 2.45) is 15.0 Å². The summed E-state index contributed by atoms with van der Waals surface area (Å²) in [5.74, 6) is 0. The molecule has 0 radical (unpaired) electrons. The second-order valence-electron chi connectivity index (χ2n) is 5.75. The van der Waals surface area contributed by atoms with Crippen LogP contribution in [0.3, 0.4) is 0 Å². The minimum atomic E-state index is 0.639. The van der Waals surface area contributed by atoms with E-state index in [1.165, 1.54) is 11.1 Å². The van der Waals surface area contributed by atoms with Gasteiger partial charge in [0.1, 0.15) is 0 Å². The van der Waals surface area contributed by atoms with Crippen molar-refractivity contribution in [2.45, 2.75) is 19.6 Å². The van der Waals surface area contributed by atoms with E-state index in [2.05, 4.69) is 35.1 Å². The summed E-state index contributed by atoms with van der Waals surface area (Å²) in [5, 5.41) is 0.751. The van der Waals surface area contributed by atoms with E-state index in [0.717, 1.165) is 23.7 Å². The van der Waals surface area contributed by atoms with Gasteiger partial charge in [0, 0.05) is 5.02 Å². The Morgan fingerprint density at radius 3 is 1.32 bits per heavy atom. The second-order valence-corrected chi connectivity index (χ2v) is 6.18. The lowest BCUT2D eigenvalue weighted by Crippen LogP contribution is -1.78. The van der Waals surface area contributed by atoms with Crippen LogP contribution in [-0.4, -0.2) is 20.2 Å². The highest BCUT2D eigenvalue weighted by Crippen LogP contribution is 2.10. The molecule has 0 saturated carbocycles. The highest BCUT2D eigenvalue weighted by molar-refractivity contribution is 6.30. The van der Waals surface area contributed by atoms with Crippen molar-refractivity contribution in [3.05, 3.63) is 107 Å². The van der Waals surface area contributed by atoms with E-state index < -0.39 is 0 Å². The molecular weight excluding hydrogens is 366 g/mol. The number of hydrogen-bond donors (Lipinski definition) is 0. The first-order valence-electron chi connectivity index (χ1n) is 8.79. The molecule has 4 heteroatoms. The van der Waals surface area contributed by atoms with Crippen LogP contribution in [0.25, 0.3) is 0 Å². The average Bonchev–Trinajstić information content (AvgIpc) is 2.72. The molecular formula is C24H26ClN3. The molecule has 0 unspecified atom stereocenters. The van der Waals surface area contributed by atoms with E-state index in [4.69, 9.17) is 11.6 Å². The summed E-state index contributed by atoms with van der Waals surface area (Å²) >= 11 is 5.72. The van der Waals surface area contributed by atoms with Crippen molar-refractivity contribution in [2.75, 3.05) is 0 Å². The summed E-state index contributed by atoms with van der Waals surface area (Å²) in [5.41, 5.74) is 3.53. The zero-order valence-corrected chi connectivity index (χ0v) is 16.8. The van der Waals surface area contributed by atoms with Gasteiger partial charge in [-0.15, -0.1) is 0 Å². The van der Waals surface area contributed by atoms with Crippen LogP contribution in [0, 0.1) is 0 Å². The zero-order valence-electron chi connectivity index (χ0n) is 16.0. The van der Waals surface area contributed by atoms with E-state index in [1.807, 2.05) is 84.9 Å². The average molecular weight is 392 g/mol. The van der Waals surface area contributed by atoms with Crippen LogP contribution in [0.15, 0.2) is 99.9 Å². The number of rotatable bonds is 6. The Morgan fingerprint density at radius 2 is 0.929 bits per heavy atom. The third-order valence-corrected chi connectivity index (χ3v) is 3.69. The molecule has 28 heavy (non-hydrogen) atoms. The topological polar surface area (TPSA) is 37.1 Å². The molecule has 0 amide bonds. The Labute approximate surface area is 173 Å². The molecule has 0 fully saturated rings. The van der Waals surface area contributed by atoms with Crippen molar-refractivity contribution in [1.82, 2.24) is 0 Å². The van der Waals surface area contributed by atoms with E-state index in [-0.39, 0.29) is 0 Å². The van der Waals surface area contributed by atoms with Crippen molar-refractivity contribution >= 4 is 31.8 Å². The maximum Gasteiger partial charge on any atom is 0.0633 e. The molecule has 0 saturated heterocycles. The lowest BCUT2D eigenvalue weighted by molar-refractivity contribution is 1.08. The van der Waals surface area contributed by atoms with Crippen molar-refractivity contribution < 1.29 is 0 Å². The van der Waals surface area contributed by atoms with Gasteiger partial charge in [0.25, 0.3) is 0 Å². The normalized spacial score (nSPS) is 9.04. The van der Waals surface area contributed by atoms with Gasteiger partial charge in [-0.05, 0) is 49.0 Å². The van der Waals surface area contributed by atoms with E-state index in [9.17, 15) is 0 Å². The van der Waals surface area contributed by atoms with Crippen molar-refractivity contribution in [3.63, 3.8) is 0 Å². The molecule has 0 bridgehead atoms. The summed E-state index contributed by atoms with van der Waals surface area (Å²) < 4.78 is 0. The summed E-state index contributed by atoms with van der Waals surface area (Å²) in [4.78, 5) is 11.3. The molecule has 3 aromatic rings. The van der Waals surface area contributed by atoms with Gasteiger partial charge in [-0.25, -0.2) is 0 Å². The molecule has 0 aliphatic rings. The van der Waals surface area contributed by atoms with Crippen LogP contribution in [0.2, 0.25) is 5.02 Å². The quantitative estimate of drug-likeness (QED) is 0.441. The number of hydrogen-bond acceptors (Lipinski definition) is 3. The van der Waals surface area contributed by atoms with Crippen LogP contribution in [-0.2, 0) is 19.6 Å². The first-order chi connectivity index (χ1) is 13.7. The van der Waals surface area contributed by atoms with Crippen LogP contribution in [0.4, 0.5) is 0 Å². The minimum absolute atomic E-state index is 0.639. The third-order valence-electron chi connectivity index (χ3n) is 3.46. The minimum Gasteiger partial charge on any atom is -0.296 e. The number of halogens is 1. The van der Waals surface area contributed by atoms with E-state index >= 15 is 0 Å². The van der Waals surface area contributed by atoms with Gasteiger partial charge in [-0.2, -0.15) is 0 Å². The van der Waals surface area contributed by atoms with E-state index in [0.29, 0.717) is 6.54 Å². The second kappa shape index (κ2) is 15.1. The van der Waals surface area contributed by atoms with Gasteiger partial charge in [-0.3, -0.25) is 15.0 Å². The maximum atomic E-state index is 5.72. The highest BCUT2D eigenvalue weighted by Gasteiger charge is 1.89. The van der Waals surface area contributed by atoms with Gasteiger partial charge in [0.2, 0.25) is 0 Å². The zero-order chi connectivity index (χ0) is 20.5. The molecule has 0 N–H and O–H groups in total. The SMILES string of the molecule is C=NCc1cccc(Cl)c1.C=NCc1ccccc1.C=NCc1ccccc1. The first-order valence-corrected chi connectivity index (χ1v) is 9.17. The smallest absolute Gasteiger partial charge is 0.0633 e. The van der Waals surface area contributed by atoms with E-state index in [1.54, 1.807) is 0 Å². The summed E-state index contributed by atoms with van der Waals surface area (Å²) in [6, 6.07) is 27.7. The van der Waals surface area contributed by atoms with Gasteiger partial charge in [-0.1, -0.05) is 84.4 Å². The monoisotopic (exact) mass is 391 g/mol. The Bertz CT molecular complexity index is 772. The predicted octanol–water partition coefficient (Wildman–Crippen LogP) is 6.32. The largest absolute Gasteiger partial charge is 0.296 e. The van der Waals surface area contributed by atoms with Crippen LogP contribution >= 0.6 is 11.6 Å². The first kappa shape index (κ1) is 23.0. The molecule has 3 nitrogen and oxygen atoms in total. The highest BCUT2D eigenvalue weighted by atomic mass is 35.5. The van der Waals surface area contributed by atoms with Gasteiger partial charge in [0.05, 0.1) is 19.6 Å². The fraction of sp³-hybridized carbons (Fsp3) is 0.125. The van der Waals surface area contributed by atoms with Crippen molar-refractivity contribution in [1.29, 1.82) is 0 Å².